The number of rotatable bonds is 4. The fourth-order valence-corrected chi connectivity index (χ4v) is 3.19. The zero-order valence-corrected chi connectivity index (χ0v) is 13.6. The van der Waals surface area contributed by atoms with Crippen molar-refractivity contribution in [3.05, 3.63) is 52.5 Å². The lowest BCUT2D eigenvalue weighted by atomic mass is 10.3. The number of nitrogens with one attached hydrogen (secondary N) is 1. The minimum absolute atomic E-state index is 0.0567. The van der Waals surface area contributed by atoms with E-state index in [1.165, 1.54) is 18.2 Å². The number of hydrogen-bond donors (Lipinski definition) is 2. The summed E-state index contributed by atoms with van der Waals surface area (Å²) in [7, 11) is -3.84. The van der Waals surface area contributed by atoms with Gasteiger partial charge in [-0.25, -0.2) is 12.8 Å². The van der Waals surface area contributed by atoms with Gasteiger partial charge in [-0.2, -0.15) is 0 Å². The molecule has 0 aliphatic rings. The van der Waals surface area contributed by atoms with Gasteiger partial charge in [0.2, 0.25) is 0 Å². The molecule has 0 aliphatic heterocycles. The lowest BCUT2D eigenvalue weighted by molar-refractivity contribution is 0.600. The Morgan fingerprint density at radius 3 is 2.57 bits per heavy atom. The molecule has 5 nitrogen and oxygen atoms in total. The van der Waals surface area contributed by atoms with Crippen molar-refractivity contribution in [1.82, 2.24) is 4.98 Å². The molecule has 9 heteroatoms. The fraction of sp³-hybridized carbons (Fsp3) is 0. The number of halogens is 2. The van der Waals surface area contributed by atoms with Gasteiger partial charge in [0.25, 0.3) is 10.0 Å². The van der Waals surface area contributed by atoms with Crippen molar-refractivity contribution in [3.63, 3.8) is 0 Å². The van der Waals surface area contributed by atoms with E-state index in [0.717, 1.165) is 18.3 Å². The van der Waals surface area contributed by atoms with Crippen molar-refractivity contribution >= 4 is 48.8 Å². The molecule has 0 spiro atoms. The van der Waals surface area contributed by atoms with Gasteiger partial charge in [-0.15, -0.1) is 0 Å². The van der Waals surface area contributed by atoms with Crippen LogP contribution in [0.25, 0.3) is 0 Å². The minimum atomic E-state index is -3.84. The highest BCUT2D eigenvalue weighted by Gasteiger charge is 2.16. The second kappa shape index (κ2) is 6.04. The quantitative estimate of drug-likeness (QED) is 0.784. The van der Waals surface area contributed by atoms with E-state index in [1.54, 1.807) is 0 Å². The lowest BCUT2D eigenvalue weighted by Crippen LogP contribution is -2.15. The van der Waals surface area contributed by atoms with Crippen molar-refractivity contribution in [2.24, 2.45) is 5.73 Å². The van der Waals surface area contributed by atoms with Crippen molar-refractivity contribution in [3.8, 4) is 0 Å². The van der Waals surface area contributed by atoms with Crippen molar-refractivity contribution in [1.29, 1.82) is 0 Å². The summed E-state index contributed by atoms with van der Waals surface area (Å²) in [5.41, 5.74) is 5.94. The smallest absolute Gasteiger partial charge is 0.263 e. The van der Waals surface area contributed by atoms with Crippen LogP contribution in [0, 0.1) is 5.82 Å². The van der Waals surface area contributed by atoms with Gasteiger partial charge in [-0.1, -0.05) is 12.2 Å². The first-order chi connectivity index (χ1) is 9.79. The second-order valence-corrected chi connectivity index (χ2v) is 6.95. The Morgan fingerprint density at radius 2 is 2.05 bits per heavy atom. The summed E-state index contributed by atoms with van der Waals surface area (Å²) in [5, 5.41) is 0. The van der Waals surface area contributed by atoms with Crippen LogP contribution < -0.4 is 10.5 Å². The number of benzene rings is 1. The van der Waals surface area contributed by atoms with Gasteiger partial charge >= 0.3 is 0 Å². The van der Waals surface area contributed by atoms with Crippen molar-refractivity contribution in [2.75, 3.05) is 4.72 Å². The number of hydrogen-bond acceptors (Lipinski definition) is 4. The predicted molar refractivity (Wildman–Crippen MR) is 85.0 cm³/mol. The third kappa shape index (κ3) is 3.74. The van der Waals surface area contributed by atoms with Crippen molar-refractivity contribution < 1.29 is 12.8 Å². The monoisotopic (exact) mass is 389 g/mol. The number of anilines is 1. The van der Waals surface area contributed by atoms with E-state index < -0.39 is 15.8 Å². The van der Waals surface area contributed by atoms with Crippen LogP contribution in [0.15, 0.2) is 45.9 Å². The predicted octanol–water partition coefficient (Wildman–Crippen LogP) is 2.42. The largest absolute Gasteiger partial charge is 0.388 e. The molecule has 0 saturated carbocycles. The molecule has 2 aromatic rings. The minimum Gasteiger partial charge on any atom is -0.388 e. The number of thiocarbonyl (C=S) groups is 1. The molecule has 0 aliphatic carbocycles. The first kappa shape index (κ1) is 15.8. The summed E-state index contributed by atoms with van der Waals surface area (Å²) >= 11 is 7.83. The maximum atomic E-state index is 13.0. The summed E-state index contributed by atoms with van der Waals surface area (Å²) in [6.45, 7) is 0. The van der Waals surface area contributed by atoms with Gasteiger partial charge in [0.15, 0.2) is 0 Å². The SMILES string of the molecule is NC(=S)c1ccc(S(=O)(=O)Nc2ccc(F)cc2Br)cn1. The molecule has 0 bridgehead atoms. The summed E-state index contributed by atoms with van der Waals surface area (Å²) < 4.78 is 40.0. The molecule has 0 amide bonds. The van der Waals surface area contributed by atoms with Crippen LogP contribution in [0.2, 0.25) is 0 Å². The van der Waals surface area contributed by atoms with Crippen LogP contribution >= 0.6 is 28.1 Å². The summed E-state index contributed by atoms with van der Waals surface area (Å²) in [5.74, 6) is -0.479. The van der Waals surface area contributed by atoms with E-state index in [0.29, 0.717) is 10.2 Å². The molecule has 0 atom stereocenters. The molecule has 3 N–H and O–H groups in total. The Bertz CT molecular complexity index is 795. The first-order valence-corrected chi connectivity index (χ1v) is 8.22. The Morgan fingerprint density at radius 1 is 1.33 bits per heavy atom. The lowest BCUT2D eigenvalue weighted by Gasteiger charge is -2.10. The molecule has 0 unspecified atom stereocenters. The molecule has 1 aromatic carbocycles. The van der Waals surface area contributed by atoms with E-state index in [4.69, 9.17) is 18.0 Å². The molecule has 110 valence electrons. The van der Waals surface area contributed by atoms with E-state index in [2.05, 4.69) is 25.6 Å². The third-order valence-electron chi connectivity index (χ3n) is 2.47. The maximum absolute atomic E-state index is 13.0. The maximum Gasteiger partial charge on any atom is 0.263 e. The summed E-state index contributed by atoms with van der Waals surface area (Å²) in [4.78, 5) is 3.89. The highest BCUT2D eigenvalue weighted by Crippen LogP contribution is 2.25. The molecule has 0 saturated heterocycles. The zero-order chi connectivity index (χ0) is 15.6. The van der Waals surface area contributed by atoms with Crippen LogP contribution in [0.1, 0.15) is 5.69 Å². The van der Waals surface area contributed by atoms with Gasteiger partial charge in [-0.05, 0) is 46.3 Å². The summed E-state index contributed by atoms with van der Waals surface area (Å²) in [6, 6.07) is 6.37. The average Bonchev–Trinajstić information content (AvgIpc) is 2.42. The number of pyridine rings is 1. The Balaban J connectivity index is 2.31. The topological polar surface area (TPSA) is 85.1 Å². The molecule has 0 fully saturated rings. The molecule has 0 radical (unpaired) electrons. The average molecular weight is 390 g/mol. The van der Waals surface area contributed by atoms with E-state index >= 15 is 0 Å². The molecule has 1 heterocycles. The van der Waals surface area contributed by atoms with Crippen molar-refractivity contribution in [2.45, 2.75) is 4.90 Å². The number of nitrogens with zero attached hydrogens (tertiary/aromatic N) is 1. The number of aromatic nitrogens is 1. The van der Waals surface area contributed by atoms with Crippen LogP contribution in [0.5, 0.6) is 0 Å². The number of nitrogens with two attached hydrogens (primary N) is 1. The van der Waals surface area contributed by atoms with Crippen LogP contribution in [-0.2, 0) is 10.0 Å². The van der Waals surface area contributed by atoms with Gasteiger partial charge in [0.05, 0.1) is 11.4 Å². The standard InChI is InChI=1S/C12H9BrFN3O2S2/c13-9-5-7(14)1-3-10(9)17-21(18,19)8-2-4-11(12(15)20)16-6-8/h1-6,17H,(H2,15,20). The zero-order valence-electron chi connectivity index (χ0n) is 10.4. The van der Waals surface area contributed by atoms with E-state index in [-0.39, 0.29) is 15.6 Å². The Kier molecular flexibility index (Phi) is 4.55. The Labute approximate surface area is 134 Å². The van der Waals surface area contributed by atoms with E-state index in [9.17, 15) is 12.8 Å². The van der Waals surface area contributed by atoms with Gasteiger partial charge in [0, 0.05) is 10.7 Å². The molecular formula is C12H9BrFN3O2S2. The molecule has 1 aromatic heterocycles. The van der Waals surface area contributed by atoms with Crippen LogP contribution in [0.4, 0.5) is 10.1 Å². The second-order valence-electron chi connectivity index (χ2n) is 3.97. The fourth-order valence-electron chi connectivity index (χ4n) is 1.46. The van der Waals surface area contributed by atoms with Crippen LogP contribution in [0.3, 0.4) is 0 Å². The highest BCUT2D eigenvalue weighted by molar-refractivity contribution is 9.10. The Hall–Kier alpha value is -1.58. The molecule has 2 rings (SSSR count). The summed E-state index contributed by atoms with van der Waals surface area (Å²) in [6.07, 6.45) is 1.15. The normalized spacial score (nSPS) is 11.1. The van der Waals surface area contributed by atoms with Gasteiger partial charge in [-0.3, -0.25) is 9.71 Å². The van der Waals surface area contributed by atoms with Gasteiger partial charge < -0.3 is 5.73 Å². The highest BCUT2D eigenvalue weighted by atomic mass is 79.9. The first-order valence-electron chi connectivity index (χ1n) is 5.53. The molecular weight excluding hydrogens is 381 g/mol. The molecule has 21 heavy (non-hydrogen) atoms. The third-order valence-corrected chi connectivity index (χ3v) is 4.69. The van der Waals surface area contributed by atoms with Crippen LogP contribution in [-0.4, -0.2) is 18.4 Å². The van der Waals surface area contributed by atoms with E-state index in [1.807, 2.05) is 0 Å². The van der Waals surface area contributed by atoms with Gasteiger partial charge in [0.1, 0.15) is 15.7 Å². The number of sulfonamides is 1.